The van der Waals surface area contributed by atoms with Crippen LogP contribution < -0.4 is 5.32 Å². The number of fused-ring (bicyclic) bond motifs is 2. The normalized spacial score (nSPS) is 33.9. The predicted molar refractivity (Wildman–Crippen MR) is 175 cm³/mol. The largest absolute Gasteiger partial charge is 0.455 e. The number of benzene rings is 1. The molecule has 4 aliphatic rings. The monoisotopic (exact) mass is 699 g/mol. The minimum atomic E-state index is -1.44. The van der Waals surface area contributed by atoms with Crippen LogP contribution in [0.15, 0.2) is 53.0 Å². The Kier molecular flexibility index (Phi) is 10.4. The fraction of sp³-hybridized carbons (Fsp3) is 0.600. The van der Waals surface area contributed by atoms with E-state index in [4.69, 9.17) is 9.47 Å². The number of carbonyl (C=O) groups excluding carboxylic acids is 4. The Hall–Kier alpha value is -3.02. The summed E-state index contributed by atoms with van der Waals surface area (Å²) < 4.78 is 13.4. The van der Waals surface area contributed by atoms with Gasteiger partial charge in [-0.15, -0.1) is 0 Å². The predicted octanol–water partition coefficient (Wildman–Crippen LogP) is 4.03. The van der Waals surface area contributed by atoms with Gasteiger partial charge < -0.3 is 29.7 Å². The smallest absolute Gasteiger partial charge is 0.313 e. The van der Waals surface area contributed by atoms with Gasteiger partial charge in [-0.25, -0.2) is 0 Å². The van der Waals surface area contributed by atoms with E-state index in [1.807, 2.05) is 63.3 Å². The maximum absolute atomic E-state index is 14.9. The molecule has 2 fully saturated rings. The third kappa shape index (κ3) is 6.06. The number of amides is 3. The zero-order valence-corrected chi connectivity index (χ0v) is 28.8. The van der Waals surface area contributed by atoms with Crippen molar-refractivity contribution in [2.45, 2.75) is 102 Å². The number of nitrogens with zero attached hydrogens (tertiary/aromatic N) is 2. The van der Waals surface area contributed by atoms with Gasteiger partial charge >= 0.3 is 5.97 Å². The third-order valence-electron chi connectivity index (χ3n) is 9.93. The first kappa shape index (κ1) is 34.3. The first-order valence-electron chi connectivity index (χ1n) is 16.5. The van der Waals surface area contributed by atoms with Crippen molar-refractivity contribution in [1.29, 1.82) is 0 Å². The molecule has 4 heterocycles. The molecule has 3 amide bonds. The summed E-state index contributed by atoms with van der Waals surface area (Å²) in [5.41, 5.74) is -0.740. The summed E-state index contributed by atoms with van der Waals surface area (Å²) in [6.07, 6.45) is 6.18. The van der Waals surface area contributed by atoms with Crippen molar-refractivity contribution in [3.8, 4) is 0 Å². The second-order valence-electron chi connectivity index (χ2n) is 13.3. The van der Waals surface area contributed by atoms with Gasteiger partial charge in [0.25, 0.3) is 0 Å². The number of ether oxygens (including phenoxy) is 2. The maximum Gasteiger partial charge on any atom is 0.313 e. The lowest BCUT2D eigenvalue weighted by atomic mass is 9.74. The highest BCUT2D eigenvalue weighted by molar-refractivity contribution is 9.11. The molecule has 1 aromatic rings. The van der Waals surface area contributed by atoms with Gasteiger partial charge in [0.1, 0.15) is 29.8 Å². The lowest BCUT2D eigenvalue weighted by molar-refractivity contribution is -0.162. The minimum absolute atomic E-state index is 0.161. The van der Waals surface area contributed by atoms with Crippen LogP contribution in [0.25, 0.3) is 0 Å². The number of hydrogen-bond acceptors (Lipinski definition) is 7. The fourth-order valence-corrected chi connectivity index (χ4v) is 8.36. The Balaban J connectivity index is 1.65. The third-order valence-corrected chi connectivity index (χ3v) is 10.6. The van der Waals surface area contributed by atoms with Gasteiger partial charge in [0.15, 0.2) is 0 Å². The van der Waals surface area contributed by atoms with Crippen LogP contribution in [0.5, 0.6) is 0 Å². The van der Waals surface area contributed by atoms with E-state index in [1.54, 1.807) is 17.9 Å². The summed E-state index contributed by atoms with van der Waals surface area (Å²) in [5.74, 6) is -3.82. The molecule has 0 aromatic heterocycles. The van der Waals surface area contributed by atoms with Crippen molar-refractivity contribution in [3.63, 3.8) is 0 Å². The highest BCUT2D eigenvalue weighted by atomic mass is 79.9. The maximum atomic E-state index is 14.9. The number of nitrogens with one attached hydrogen (secondary N) is 1. The number of likely N-dealkylation sites (tertiary alicyclic amines) is 1. The first-order chi connectivity index (χ1) is 22.0. The molecule has 0 saturated carbocycles. The van der Waals surface area contributed by atoms with Crippen LogP contribution in [0.3, 0.4) is 0 Å². The van der Waals surface area contributed by atoms with E-state index in [9.17, 15) is 24.3 Å². The second-order valence-corrected chi connectivity index (χ2v) is 14.2. The summed E-state index contributed by atoms with van der Waals surface area (Å²) in [7, 11) is 0. The Labute approximate surface area is 279 Å². The molecule has 10 nitrogen and oxygen atoms in total. The summed E-state index contributed by atoms with van der Waals surface area (Å²) in [6, 6.07) is 6.68. The van der Waals surface area contributed by atoms with Gasteiger partial charge in [0.05, 0.1) is 24.6 Å². The van der Waals surface area contributed by atoms with Gasteiger partial charge in [0.2, 0.25) is 17.7 Å². The summed E-state index contributed by atoms with van der Waals surface area (Å²) in [4.78, 5) is 60.0. The molecule has 4 aliphatic heterocycles. The van der Waals surface area contributed by atoms with E-state index in [0.717, 1.165) is 12.8 Å². The summed E-state index contributed by atoms with van der Waals surface area (Å²) >= 11 is 3.60. The molecule has 1 spiro atoms. The SMILES string of the molecule is CCCC(C)N1C/C=C\CCC(=O)N[C@@H](C)[C@H](c2ccccc2)OC(=O)[C@H]2[C@@H]3O[C@@]4(C=C3Br)[C@@H]2C(=O)N([C@@H](CO)C(C)C)[C@@H]4C1=O. The minimum Gasteiger partial charge on any atom is -0.455 e. The zero-order chi connectivity index (χ0) is 33.3. The van der Waals surface area contributed by atoms with E-state index in [2.05, 4.69) is 28.2 Å². The number of hydrogen-bond donors (Lipinski definition) is 2. The van der Waals surface area contributed by atoms with Crippen molar-refractivity contribution in [3.05, 3.63) is 58.6 Å². The van der Waals surface area contributed by atoms with E-state index in [1.165, 1.54) is 4.90 Å². The van der Waals surface area contributed by atoms with Crippen LogP contribution in [0.2, 0.25) is 0 Å². The Morgan fingerprint density at radius 1 is 1.07 bits per heavy atom. The topological polar surface area (TPSA) is 125 Å². The molecule has 46 heavy (non-hydrogen) atoms. The highest BCUT2D eigenvalue weighted by Crippen LogP contribution is 2.59. The molecule has 250 valence electrons. The van der Waals surface area contributed by atoms with Gasteiger partial charge in [-0.05, 0) is 44.2 Å². The average Bonchev–Trinajstić information content (AvgIpc) is 3.61. The molecule has 2 saturated heterocycles. The van der Waals surface area contributed by atoms with Crippen molar-refractivity contribution in [2.75, 3.05) is 13.2 Å². The van der Waals surface area contributed by atoms with E-state index in [-0.39, 0.29) is 43.3 Å². The van der Waals surface area contributed by atoms with Crippen molar-refractivity contribution in [2.24, 2.45) is 17.8 Å². The quantitative estimate of drug-likeness (QED) is 0.325. The van der Waals surface area contributed by atoms with Crippen molar-refractivity contribution >= 4 is 39.6 Å². The van der Waals surface area contributed by atoms with Crippen molar-refractivity contribution < 1.29 is 33.8 Å². The fourth-order valence-electron chi connectivity index (χ4n) is 7.63. The molecular formula is C35H46BrN3O7. The van der Waals surface area contributed by atoms with E-state index < -0.39 is 59.6 Å². The van der Waals surface area contributed by atoms with Gasteiger partial charge in [-0.2, -0.15) is 0 Å². The number of esters is 1. The van der Waals surface area contributed by atoms with Crippen LogP contribution in [-0.4, -0.2) is 87.6 Å². The number of carbonyl (C=O) groups is 4. The molecular weight excluding hydrogens is 654 g/mol. The molecule has 0 aliphatic carbocycles. The molecule has 0 radical (unpaired) electrons. The molecule has 2 N–H and O–H groups in total. The lowest BCUT2D eigenvalue weighted by Gasteiger charge is -2.41. The highest BCUT2D eigenvalue weighted by Gasteiger charge is 2.75. The standard InChI is InChI=1S/C35H46BrN3O7/c1-6-13-21(4)38-17-12-8-11-16-26(41)37-22(5)29(23-14-9-7-10-15-23)45-34(44)27-28-32(42)39(25(19-40)20(2)3)31(33(38)43)35(28)18-24(36)30(27)46-35/h7-10,12,14-15,18,20-22,25,27-31,40H,6,11,13,16-17,19H2,1-5H3,(H,37,41)/b12-8-/t21?,22-,25-,27+,28-,29+,30+,31+,35-/m0/s1. The number of cyclic esters (lactones) is 1. The Morgan fingerprint density at radius 2 is 1.78 bits per heavy atom. The molecule has 1 aromatic carbocycles. The van der Waals surface area contributed by atoms with Gasteiger partial charge in [-0.3, -0.25) is 19.2 Å². The van der Waals surface area contributed by atoms with Crippen LogP contribution in [-0.2, 0) is 28.7 Å². The van der Waals surface area contributed by atoms with Crippen LogP contribution >= 0.6 is 15.9 Å². The first-order valence-corrected chi connectivity index (χ1v) is 17.2. The lowest BCUT2D eigenvalue weighted by Crippen LogP contribution is -2.60. The Bertz CT molecular complexity index is 1380. The van der Waals surface area contributed by atoms with Crippen LogP contribution in [0.1, 0.15) is 72.0 Å². The number of rotatable bonds is 7. The van der Waals surface area contributed by atoms with Crippen LogP contribution in [0.4, 0.5) is 0 Å². The summed E-state index contributed by atoms with van der Waals surface area (Å²) in [6.45, 7) is 9.55. The van der Waals surface area contributed by atoms with Crippen molar-refractivity contribution in [1.82, 2.24) is 15.1 Å². The number of aliphatic hydroxyl groups excluding tert-OH is 1. The summed E-state index contributed by atoms with van der Waals surface area (Å²) in [5, 5.41) is 13.6. The van der Waals surface area contributed by atoms with E-state index >= 15 is 0 Å². The average molecular weight is 701 g/mol. The zero-order valence-electron chi connectivity index (χ0n) is 27.2. The molecule has 9 atom stereocenters. The molecule has 5 bridgehead atoms. The number of allylic oxidation sites excluding steroid dienone is 1. The van der Waals surface area contributed by atoms with Gasteiger partial charge in [-0.1, -0.05) is 85.6 Å². The van der Waals surface area contributed by atoms with Crippen LogP contribution in [0, 0.1) is 17.8 Å². The number of aliphatic hydroxyl groups is 1. The molecule has 11 heteroatoms. The second kappa shape index (κ2) is 14.0. The van der Waals surface area contributed by atoms with E-state index in [0.29, 0.717) is 16.5 Å². The van der Waals surface area contributed by atoms with Gasteiger partial charge in [0, 0.05) is 23.5 Å². The number of halogens is 1. The molecule has 5 rings (SSSR count). The Morgan fingerprint density at radius 3 is 2.43 bits per heavy atom. The molecule has 1 unspecified atom stereocenters.